The molecule has 6 nitrogen and oxygen atoms in total. The maximum atomic E-state index is 13.6. The Kier molecular flexibility index (Phi) is 4.76. The van der Waals surface area contributed by atoms with Gasteiger partial charge < -0.3 is 9.47 Å². The van der Waals surface area contributed by atoms with Gasteiger partial charge in [-0.05, 0) is 18.9 Å². The fourth-order valence-electron chi connectivity index (χ4n) is 3.09. The lowest BCUT2D eigenvalue weighted by molar-refractivity contribution is -0.142. The molecule has 1 atom stereocenters. The van der Waals surface area contributed by atoms with Gasteiger partial charge in [-0.15, -0.1) is 0 Å². The fraction of sp³-hybridized carbons (Fsp3) is 0.316. The monoisotopic (exact) mass is 391 g/mol. The first-order valence-corrected chi connectivity index (χ1v) is 8.73. The number of benzene rings is 1. The lowest BCUT2D eigenvalue weighted by atomic mass is 10.1. The van der Waals surface area contributed by atoms with E-state index >= 15 is 0 Å². The van der Waals surface area contributed by atoms with Crippen LogP contribution >= 0.6 is 0 Å². The zero-order valence-electron chi connectivity index (χ0n) is 14.6. The molecule has 0 aliphatic carbocycles. The fourth-order valence-corrected chi connectivity index (χ4v) is 3.09. The number of ether oxygens (including phenoxy) is 2. The van der Waals surface area contributed by atoms with Crippen molar-refractivity contribution < 1.29 is 27.4 Å². The van der Waals surface area contributed by atoms with Crippen LogP contribution in [0.4, 0.5) is 13.2 Å². The van der Waals surface area contributed by atoms with Gasteiger partial charge in [-0.25, -0.2) is 14.3 Å². The maximum absolute atomic E-state index is 13.6. The summed E-state index contributed by atoms with van der Waals surface area (Å²) in [5.74, 6) is -0.781. The standard InChI is InChI=1S/C19H16F3N3O3/c20-19(21,22)16-9-15(12-5-2-1-3-6-12)24-17-14(10-23-25(16)17)18(26)28-11-13-7-4-8-27-13/h1-3,5-6,9-10,13H,4,7-8,11H2/t13-/m0/s1. The molecule has 1 fully saturated rings. The van der Waals surface area contributed by atoms with Crippen LogP contribution in [0, 0.1) is 0 Å². The first-order chi connectivity index (χ1) is 13.4. The van der Waals surface area contributed by atoms with Gasteiger partial charge in [-0.2, -0.15) is 18.3 Å². The molecule has 28 heavy (non-hydrogen) atoms. The number of esters is 1. The third kappa shape index (κ3) is 3.57. The van der Waals surface area contributed by atoms with Gasteiger partial charge in [0.2, 0.25) is 0 Å². The van der Waals surface area contributed by atoms with E-state index in [0.29, 0.717) is 16.7 Å². The number of nitrogens with zero attached hydrogens (tertiary/aromatic N) is 3. The second kappa shape index (κ2) is 7.23. The van der Waals surface area contributed by atoms with E-state index in [2.05, 4.69) is 10.1 Å². The summed E-state index contributed by atoms with van der Waals surface area (Å²) in [5.41, 5.74) is -0.758. The summed E-state index contributed by atoms with van der Waals surface area (Å²) < 4.78 is 51.9. The van der Waals surface area contributed by atoms with Crippen molar-refractivity contribution in [2.24, 2.45) is 0 Å². The first-order valence-electron chi connectivity index (χ1n) is 8.73. The van der Waals surface area contributed by atoms with Crippen LogP contribution < -0.4 is 0 Å². The van der Waals surface area contributed by atoms with Crippen LogP contribution in [0.25, 0.3) is 16.9 Å². The Balaban J connectivity index is 1.74. The zero-order valence-corrected chi connectivity index (χ0v) is 14.6. The Morgan fingerprint density at radius 1 is 1.29 bits per heavy atom. The van der Waals surface area contributed by atoms with Gasteiger partial charge >= 0.3 is 12.1 Å². The van der Waals surface area contributed by atoms with Crippen molar-refractivity contribution in [3.05, 3.63) is 53.9 Å². The predicted molar refractivity (Wildman–Crippen MR) is 92.7 cm³/mol. The van der Waals surface area contributed by atoms with E-state index in [0.717, 1.165) is 25.1 Å². The summed E-state index contributed by atoms with van der Waals surface area (Å²) in [5, 5.41) is 3.72. The van der Waals surface area contributed by atoms with E-state index in [1.165, 1.54) is 0 Å². The molecule has 0 amide bonds. The van der Waals surface area contributed by atoms with Crippen molar-refractivity contribution >= 4 is 11.6 Å². The molecular formula is C19H16F3N3O3. The quantitative estimate of drug-likeness (QED) is 0.634. The average Bonchev–Trinajstić information content (AvgIpc) is 3.35. The maximum Gasteiger partial charge on any atom is 0.433 e. The molecule has 9 heteroatoms. The van der Waals surface area contributed by atoms with Crippen LogP contribution in [-0.4, -0.2) is 39.9 Å². The van der Waals surface area contributed by atoms with Gasteiger partial charge in [0.15, 0.2) is 11.3 Å². The second-order valence-corrected chi connectivity index (χ2v) is 6.42. The molecule has 2 aromatic heterocycles. The van der Waals surface area contributed by atoms with E-state index in [1.807, 2.05) is 0 Å². The molecule has 4 rings (SSSR count). The largest absolute Gasteiger partial charge is 0.459 e. The molecule has 0 spiro atoms. The van der Waals surface area contributed by atoms with Crippen molar-refractivity contribution in [1.29, 1.82) is 0 Å². The average molecular weight is 391 g/mol. The van der Waals surface area contributed by atoms with Crippen molar-refractivity contribution in [2.75, 3.05) is 13.2 Å². The number of aromatic nitrogens is 3. The topological polar surface area (TPSA) is 65.7 Å². The summed E-state index contributed by atoms with van der Waals surface area (Å²) in [6.45, 7) is 0.649. The smallest absolute Gasteiger partial charge is 0.433 e. The number of fused-ring (bicyclic) bond motifs is 1. The normalized spacial score (nSPS) is 17.2. The van der Waals surface area contributed by atoms with Crippen LogP contribution in [0.3, 0.4) is 0 Å². The van der Waals surface area contributed by atoms with Gasteiger partial charge in [0, 0.05) is 12.2 Å². The second-order valence-electron chi connectivity index (χ2n) is 6.42. The van der Waals surface area contributed by atoms with Gasteiger partial charge in [0.05, 0.1) is 18.0 Å². The third-order valence-electron chi connectivity index (χ3n) is 4.48. The molecule has 1 saturated heterocycles. The molecule has 146 valence electrons. The molecule has 1 aliphatic heterocycles. The molecular weight excluding hydrogens is 375 g/mol. The van der Waals surface area contributed by atoms with E-state index in [-0.39, 0.29) is 29.6 Å². The van der Waals surface area contributed by atoms with Gasteiger partial charge in [0.25, 0.3) is 0 Å². The summed E-state index contributed by atoms with van der Waals surface area (Å²) >= 11 is 0. The highest BCUT2D eigenvalue weighted by molar-refractivity contribution is 5.96. The van der Waals surface area contributed by atoms with E-state index < -0.39 is 17.8 Å². The molecule has 1 aliphatic rings. The first kappa shape index (κ1) is 18.4. The Hall–Kier alpha value is -2.94. The number of hydrogen-bond donors (Lipinski definition) is 0. The summed E-state index contributed by atoms with van der Waals surface area (Å²) in [6.07, 6.45) is -2.16. The van der Waals surface area contributed by atoms with Crippen LogP contribution in [0.15, 0.2) is 42.6 Å². The van der Waals surface area contributed by atoms with E-state index in [4.69, 9.17) is 9.47 Å². The van der Waals surface area contributed by atoms with Crippen molar-refractivity contribution in [3.63, 3.8) is 0 Å². The Labute approximate surface area is 157 Å². The van der Waals surface area contributed by atoms with E-state index in [9.17, 15) is 18.0 Å². The predicted octanol–water partition coefficient (Wildman–Crippen LogP) is 3.75. The Bertz CT molecular complexity index is 996. The molecule has 3 heterocycles. The number of hydrogen-bond acceptors (Lipinski definition) is 5. The van der Waals surface area contributed by atoms with Gasteiger partial charge in [-0.1, -0.05) is 30.3 Å². The molecule has 3 aromatic rings. The minimum atomic E-state index is -4.67. The summed E-state index contributed by atoms with van der Waals surface area (Å²) in [7, 11) is 0. The van der Waals surface area contributed by atoms with Crippen LogP contribution in [0.5, 0.6) is 0 Å². The molecule has 0 radical (unpaired) electrons. The highest BCUT2D eigenvalue weighted by Gasteiger charge is 2.36. The Morgan fingerprint density at radius 2 is 2.07 bits per heavy atom. The molecule has 0 N–H and O–H groups in total. The highest BCUT2D eigenvalue weighted by atomic mass is 19.4. The minimum Gasteiger partial charge on any atom is -0.459 e. The lowest BCUT2D eigenvalue weighted by Crippen LogP contribution is -2.18. The van der Waals surface area contributed by atoms with Crippen molar-refractivity contribution in [1.82, 2.24) is 14.6 Å². The highest BCUT2D eigenvalue weighted by Crippen LogP contribution is 2.32. The van der Waals surface area contributed by atoms with Gasteiger partial charge in [0.1, 0.15) is 12.2 Å². The van der Waals surface area contributed by atoms with Gasteiger partial charge in [-0.3, -0.25) is 0 Å². The SMILES string of the molecule is O=C(OC[C@@H]1CCCO1)c1cnn2c(C(F)(F)F)cc(-c3ccccc3)nc12. The number of rotatable bonds is 4. The summed E-state index contributed by atoms with van der Waals surface area (Å²) in [6, 6.07) is 9.34. The number of halogens is 3. The van der Waals surface area contributed by atoms with Crippen LogP contribution in [-0.2, 0) is 15.7 Å². The van der Waals surface area contributed by atoms with E-state index in [1.54, 1.807) is 30.3 Å². The zero-order chi connectivity index (χ0) is 19.7. The number of alkyl halides is 3. The summed E-state index contributed by atoms with van der Waals surface area (Å²) in [4.78, 5) is 16.7. The minimum absolute atomic E-state index is 0.0423. The van der Waals surface area contributed by atoms with Crippen LogP contribution in [0.1, 0.15) is 28.9 Å². The Morgan fingerprint density at radius 3 is 2.75 bits per heavy atom. The third-order valence-corrected chi connectivity index (χ3v) is 4.48. The molecule has 1 aromatic carbocycles. The number of carbonyl (C=O) groups is 1. The molecule has 0 bridgehead atoms. The lowest BCUT2D eigenvalue weighted by Gasteiger charge is -2.12. The molecule has 0 saturated carbocycles. The van der Waals surface area contributed by atoms with Crippen molar-refractivity contribution in [3.8, 4) is 11.3 Å². The van der Waals surface area contributed by atoms with Crippen LogP contribution in [0.2, 0.25) is 0 Å². The van der Waals surface area contributed by atoms with Crippen molar-refractivity contribution in [2.45, 2.75) is 25.1 Å². The molecule has 0 unspecified atom stereocenters. The number of carbonyl (C=O) groups excluding carboxylic acids is 1.